The van der Waals surface area contributed by atoms with Gasteiger partial charge in [-0.25, -0.2) is 0 Å². The predicted octanol–water partition coefficient (Wildman–Crippen LogP) is 8.37. The molecule has 2 nitrogen and oxygen atoms in total. The Hall–Kier alpha value is -3.72. The summed E-state index contributed by atoms with van der Waals surface area (Å²) in [6.07, 6.45) is 0. The van der Waals surface area contributed by atoms with Crippen LogP contribution in [0.1, 0.15) is 38.8 Å². The SMILES string of the molecule is CC(C)(O)c1ccccc1-c1ccc2ccc3c(-c4ccccc4C(C)(C)O)ccc4ccc1c2c43. The molecule has 0 bridgehead atoms. The maximum atomic E-state index is 10.9. The number of hydrogen-bond donors (Lipinski definition) is 2. The smallest absolute Gasteiger partial charge is 0.0846 e. The Balaban J connectivity index is 1.71. The van der Waals surface area contributed by atoms with Crippen LogP contribution in [0.25, 0.3) is 54.6 Å². The molecule has 2 heteroatoms. The first-order chi connectivity index (χ1) is 17.1. The van der Waals surface area contributed by atoms with Crippen LogP contribution < -0.4 is 0 Å². The van der Waals surface area contributed by atoms with Crippen molar-refractivity contribution in [2.24, 2.45) is 0 Å². The molecule has 0 heterocycles. The van der Waals surface area contributed by atoms with E-state index >= 15 is 0 Å². The minimum absolute atomic E-state index is 0.917. The zero-order valence-electron chi connectivity index (χ0n) is 21.1. The van der Waals surface area contributed by atoms with Gasteiger partial charge < -0.3 is 10.2 Å². The first kappa shape index (κ1) is 22.7. The Morgan fingerprint density at radius 1 is 0.417 bits per heavy atom. The van der Waals surface area contributed by atoms with E-state index in [1.807, 2.05) is 64.1 Å². The second-order valence-electron chi connectivity index (χ2n) is 10.9. The molecule has 0 aliphatic rings. The van der Waals surface area contributed by atoms with Crippen LogP contribution in [0.4, 0.5) is 0 Å². The molecule has 0 aliphatic heterocycles. The van der Waals surface area contributed by atoms with E-state index in [4.69, 9.17) is 0 Å². The summed E-state index contributed by atoms with van der Waals surface area (Å²) in [6, 6.07) is 33.8. The van der Waals surface area contributed by atoms with Crippen LogP contribution in [0.3, 0.4) is 0 Å². The average molecular weight is 471 g/mol. The topological polar surface area (TPSA) is 40.5 Å². The largest absolute Gasteiger partial charge is 0.386 e. The molecule has 0 saturated carbocycles. The zero-order chi connectivity index (χ0) is 25.2. The molecule has 2 N–H and O–H groups in total. The van der Waals surface area contributed by atoms with Gasteiger partial charge in [-0.3, -0.25) is 0 Å². The lowest BCUT2D eigenvalue weighted by atomic mass is 9.83. The molecule has 36 heavy (non-hydrogen) atoms. The van der Waals surface area contributed by atoms with E-state index in [2.05, 4.69) is 60.7 Å². The summed E-state index contributed by atoms with van der Waals surface area (Å²) in [5, 5.41) is 29.0. The van der Waals surface area contributed by atoms with Crippen molar-refractivity contribution in [1.82, 2.24) is 0 Å². The fourth-order valence-electron chi connectivity index (χ4n) is 5.77. The standard InChI is InChI=1S/C34H30O2/c1-33(2,35)29-11-7-5-9-25(29)23-17-13-21-16-20-28-24(26-10-6-8-12-30(26)34(3,4)36)18-14-22-15-19-27(23)31(21)32(22)28/h5-20,35-36H,1-4H3. The monoisotopic (exact) mass is 470 g/mol. The Bertz CT molecular complexity index is 1610. The van der Waals surface area contributed by atoms with Gasteiger partial charge in [-0.1, -0.05) is 97.1 Å². The molecule has 0 amide bonds. The third-order valence-electron chi connectivity index (χ3n) is 7.42. The highest BCUT2D eigenvalue weighted by molar-refractivity contribution is 6.27. The lowest BCUT2D eigenvalue weighted by Crippen LogP contribution is -2.16. The third kappa shape index (κ3) is 3.49. The number of benzene rings is 6. The number of aliphatic hydroxyl groups is 2. The average Bonchev–Trinajstić information content (AvgIpc) is 2.86. The summed E-state index contributed by atoms with van der Waals surface area (Å²) in [5.74, 6) is 0. The third-order valence-corrected chi connectivity index (χ3v) is 7.42. The number of rotatable bonds is 4. The van der Waals surface area contributed by atoms with E-state index in [1.165, 1.54) is 32.3 Å². The first-order valence-corrected chi connectivity index (χ1v) is 12.5. The molecule has 0 atom stereocenters. The lowest BCUT2D eigenvalue weighted by Gasteiger charge is -2.24. The predicted molar refractivity (Wildman–Crippen MR) is 152 cm³/mol. The summed E-state index contributed by atoms with van der Waals surface area (Å²) in [6.45, 7) is 7.37. The fraction of sp³-hybridized carbons (Fsp3) is 0.176. The Morgan fingerprint density at radius 3 is 1.17 bits per heavy atom. The summed E-state index contributed by atoms with van der Waals surface area (Å²) in [4.78, 5) is 0. The van der Waals surface area contributed by atoms with Gasteiger partial charge in [0.25, 0.3) is 0 Å². The molecule has 0 spiro atoms. The van der Waals surface area contributed by atoms with Gasteiger partial charge in [0.2, 0.25) is 0 Å². The highest BCUT2D eigenvalue weighted by Gasteiger charge is 2.24. The zero-order valence-corrected chi connectivity index (χ0v) is 21.1. The Morgan fingerprint density at radius 2 is 0.778 bits per heavy atom. The highest BCUT2D eigenvalue weighted by atomic mass is 16.3. The molecule has 0 aromatic heterocycles. The molecule has 0 radical (unpaired) electrons. The lowest BCUT2D eigenvalue weighted by molar-refractivity contribution is 0.0786. The summed E-state index contributed by atoms with van der Waals surface area (Å²) >= 11 is 0. The summed E-state index contributed by atoms with van der Waals surface area (Å²) < 4.78 is 0. The maximum Gasteiger partial charge on any atom is 0.0846 e. The van der Waals surface area contributed by atoms with Gasteiger partial charge in [0.05, 0.1) is 11.2 Å². The number of hydrogen-bond acceptors (Lipinski definition) is 2. The normalized spacial score (nSPS) is 12.7. The maximum absolute atomic E-state index is 10.9. The van der Waals surface area contributed by atoms with E-state index < -0.39 is 11.2 Å². The minimum Gasteiger partial charge on any atom is -0.386 e. The highest BCUT2D eigenvalue weighted by Crippen LogP contribution is 2.44. The van der Waals surface area contributed by atoms with E-state index in [1.54, 1.807) is 0 Å². The van der Waals surface area contributed by atoms with Crippen molar-refractivity contribution in [3.8, 4) is 22.3 Å². The van der Waals surface area contributed by atoms with Crippen LogP contribution in [-0.2, 0) is 11.2 Å². The van der Waals surface area contributed by atoms with Gasteiger partial charge in [-0.2, -0.15) is 0 Å². The summed E-state index contributed by atoms with van der Waals surface area (Å²) in [5.41, 5.74) is 4.28. The van der Waals surface area contributed by atoms with Crippen molar-refractivity contribution < 1.29 is 10.2 Å². The van der Waals surface area contributed by atoms with Crippen LogP contribution in [0.15, 0.2) is 97.1 Å². The van der Waals surface area contributed by atoms with Gasteiger partial charge >= 0.3 is 0 Å². The van der Waals surface area contributed by atoms with Crippen LogP contribution >= 0.6 is 0 Å². The minimum atomic E-state index is -0.950. The van der Waals surface area contributed by atoms with Crippen molar-refractivity contribution in [2.75, 3.05) is 0 Å². The molecular weight excluding hydrogens is 440 g/mol. The quantitative estimate of drug-likeness (QED) is 0.254. The van der Waals surface area contributed by atoms with E-state index in [-0.39, 0.29) is 0 Å². The Labute approximate surface area is 211 Å². The van der Waals surface area contributed by atoms with Gasteiger partial charge in [-0.05, 0) is 93.4 Å². The van der Waals surface area contributed by atoms with Gasteiger partial charge in [0, 0.05) is 0 Å². The van der Waals surface area contributed by atoms with E-state index in [0.29, 0.717) is 0 Å². The van der Waals surface area contributed by atoms with Crippen molar-refractivity contribution in [3.05, 3.63) is 108 Å². The van der Waals surface area contributed by atoms with Crippen molar-refractivity contribution in [3.63, 3.8) is 0 Å². The second-order valence-corrected chi connectivity index (χ2v) is 10.9. The van der Waals surface area contributed by atoms with Gasteiger partial charge in [-0.15, -0.1) is 0 Å². The fourth-order valence-corrected chi connectivity index (χ4v) is 5.77. The van der Waals surface area contributed by atoms with Gasteiger partial charge in [0.15, 0.2) is 0 Å². The molecule has 6 aromatic carbocycles. The van der Waals surface area contributed by atoms with Crippen molar-refractivity contribution in [2.45, 2.75) is 38.9 Å². The van der Waals surface area contributed by atoms with E-state index in [0.717, 1.165) is 33.4 Å². The molecule has 0 fully saturated rings. The van der Waals surface area contributed by atoms with Crippen molar-refractivity contribution >= 4 is 32.3 Å². The van der Waals surface area contributed by atoms with Crippen LogP contribution in [0.5, 0.6) is 0 Å². The van der Waals surface area contributed by atoms with Crippen LogP contribution in [0.2, 0.25) is 0 Å². The Kier molecular flexibility index (Phi) is 4.98. The molecule has 0 aliphatic carbocycles. The first-order valence-electron chi connectivity index (χ1n) is 12.5. The van der Waals surface area contributed by atoms with Crippen molar-refractivity contribution in [1.29, 1.82) is 0 Å². The van der Waals surface area contributed by atoms with E-state index in [9.17, 15) is 10.2 Å². The molecule has 6 aromatic rings. The molecular formula is C34H30O2. The molecule has 6 rings (SSSR count). The van der Waals surface area contributed by atoms with Gasteiger partial charge in [0.1, 0.15) is 0 Å². The van der Waals surface area contributed by atoms with Crippen LogP contribution in [0, 0.1) is 0 Å². The molecule has 178 valence electrons. The second kappa shape index (κ2) is 7.89. The van der Waals surface area contributed by atoms with Crippen LogP contribution in [-0.4, -0.2) is 10.2 Å². The summed E-state index contributed by atoms with van der Waals surface area (Å²) in [7, 11) is 0. The molecule has 0 saturated heterocycles. The molecule has 0 unspecified atom stereocenters.